The molecule has 0 fully saturated rings. The third-order valence-electron chi connectivity index (χ3n) is 4.88. The van der Waals surface area contributed by atoms with Crippen LogP contribution in [0.1, 0.15) is 28.4 Å². The van der Waals surface area contributed by atoms with Crippen molar-refractivity contribution < 1.29 is 18.3 Å². The summed E-state index contributed by atoms with van der Waals surface area (Å²) in [7, 11) is 0. The first kappa shape index (κ1) is 21.4. The number of halogens is 2. The number of nitrogen functional groups attached to an aromatic ring is 1. The Morgan fingerprint density at radius 2 is 2.12 bits per heavy atom. The molecule has 0 atom stereocenters. The summed E-state index contributed by atoms with van der Waals surface area (Å²) >= 11 is 0. The van der Waals surface area contributed by atoms with Crippen LogP contribution in [0.2, 0.25) is 0 Å². The van der Waals surface area contributed by atoms with Crippen LogP contribution >= 0.6 is 0 Å². The number of nitrogens with one attached hydrogen (secondary N) is 2. The van der Waals surface area contributed by atoms with Crippen molar-refractivity contribution in [3.8, 4) is 17.0 Å². The zero-order valence-electron chi connectivity index (χ0n) is 17.4. The standard InChI is InChI=1S/C22H22F2N6O2/c1-22(23,24)12-29-20(31)14-4-2-3-13(9-14)10-27-19-15-6-8-32-18(15)16(11-28-19)17-5-7-26-21(25)30-17/h2-5,7,9,11H,6,8,10,12H2,1H3,(H,27,28)(H,29,31)(H2,25,26,30). The molecule has 0 aliphatic carbocycles. The molecule has 4 N–H and O–H groups in total. The Kier molecular flexibility index (Phi) is 5.85. The molecular formula is C22H22F2N6O2. The van der Waals surface area contributed by atoms with Gasteiger partial charge in [-0.25, -0.2) is 23.7 Å². The summed E-state index contributed by atoms with van der Waals surface area (Å²) in [6, 6.07) is 8.53. The third-order valence-corrected chi connectivity index (χ3v) is 4.88. The lowest BCUT2D eigenvalue weighted by atomic mass is 10.1. The van der Waals surface area contributed by atoms with Gasteiger partial charge in [0.2, 0.25) is 5.95 Å². The number of aromatic nitrogens is 3. The Morgan fingerprint density at radius 3 is 2.91 bits per heavy atom. The summed E-state index contributed by atoms with van der Waals surface area (Å²) < 4.78 is 31.8. The average Bonchev–Trinajstić information content (AvgIpc) is 3.26. The van der Waals surface area contributed by atoms with Gasteiger partial charge in [0, 0.05) is 43.4 Å². The molecule has 1 aliphatic heterocycles. The number of rotatable bonds is 7. The molecule has 166 valence electrons. The van der Waals surface area contributed by atoms with E-state index in [1.807, 2.05) is 6.07 Å². The minimum absolute atomic E-state index is 0.169. The van der Waals surface area contributed by atoms with Gasteiger partial charge < -0.3 is 21.1 Å². The fourth-order valence-electron chi connectivity index (χ4n) is 3.39. The van der Waals surface area contributed by atoms with Gasteiger partial charge in [0.15, 0.2) is 0 Å². The third kappa shape index (κ3) is 4.90. The quantitative estimate of drug-likeness (QED) is 0.517. The van der Waals surface area contributed by atoms with E-state index in [-0.39, 0.29) is 5.95 Å². The van der Waals surface area contributed by atoms with Crippen LogP contribution in [-0.2, 0) is 13.0 Å². The number of fused-ring (bicyclic) bond motifs is 1. The number of carbonyl (C=O) groups is 1. The Hall–Kier alpha value is -3.82. The molecule has 0 radical (unpaired) electrons. The highest BCUT2D eigenvalue weighted by Crippen LogP contribution is 2.39. The fraction of sp³-hybridized carbons (Fsp3) is 0.273. The Balaban J connectivity index is 1.49. The number of nitrogens with zero attached hydrogens (tertiary/aromatic N) is 3. The molecule has 2 aromatic heterocycles. The van der Waals surface area contributed by atoms with Crippen molar-refractivity contribution in [1.82, 2.24) is 20.3 Å². The first-order chi connectivity index (χ1) is 15.3. The van der Waals surface area contributed by atoms with Crippen LogP contribution in [0.15, 0.2) is 42.7 Å². The van der Waals surface area contributed by atoms with Crippen molar-refractivity contribution >= 4 is 17.7 Å². The Morgan fingerprint density at radius 1 is 1.28 bits per heavy atom. The van der Waals surface area contributed by atoms with Crippen molar-refractivity contribution in [2.45, 2.75) is 25.8 Å². The molecule has 0 spiro atoms. The maximum absolute atomic E-state index is 13.0. The molecule has 3 heterocycles. The van der Waals surface area contributed by atoms with Gasteiger partial charge in [0.25, 0.3) is 11.8 Å². The Labute approximate surface area is 183 Å². The van der Waals surface area contributed by atoms with Crippen LogP contribution in [0, 0.1) is 0 Å². The van der Waals surface area contributed by atoms with E-state index in [2.05, 4.69) is 25.6 Å². The van der Waals surface area contributed by atoms with Crippen molar-refractivity contribution in [2.24, 2.45) is 0 Å². The zero-order valence-corrected chi connectivity index (χ0v) is 17.4. The number of nitrogens with two attached hydrogens (primary N) is 1. The molecule has 32 heavy (non-hydrogen) atoms. The zero-order chi connectivity index (χ0) is 22.7. The minimum Gasteiger partial charge on any atom is -0.492 e. The maximum Gasteiger partial charge on any atom is 0.262 e. The highest BCUT2D eigenvalue weighted by atomic mass is 19.3. The summed E-state index contributed by atoms with van der Waals surface area (Å²) in [6.45, 7) is 0.966. The van der Waals surface area contributed by atoms with Gasteiger partial charge >= 0.3 is 0 Å². The second kappa shape index (κ2) is 8.74. The number of alkyl halides is 2. The first-order valence-electron chi connectivity index (χ1n) is 10.0. The van der Waals surface area contributed by atoms with Gasteiger partial charge in [0.1, 0.15) is 11.6 Å². The highest BCUT2D eigenvalue weighted by molar-refractivity contribution is 5.94. The van der Waals surface area contributed by atoms with Crippen molar-refractivity contribution in [3.05, 3.63) is 59.4 Å². The maximum atomic E-state index is 13.0. The van der Waals surface area contributed by atoms with E-state index in [4.69, 9.17) is 10.5 Å². The lowest BCUT2D eigenvalue weighted by Gasteiger charge is -2.14. The SMILES string of the molecule is CC(F)(F)CNC(=O)c1cccc(CNc2ncc(-c3ccnc(N)n3)c3c2CCO3)c1. The van der Waals surface area contributed by atoms with E-state index in [9.17, 15) is 13.6 Å². The molecule has 1 amide bonds. The van der Waals surface area contributed by atoms with Gasteiger partial charge in [-0.3, -0.25) is 4.79 Å². The molecule has 0 bridgehead atoms. The summed E-state index contributed by atoms with van der Waals surface area (Å²) in [6.07, 6.45) is 3.94. The van der Waals surface area contributed by atoms with Crippen molar-refractivity contribution in [2.75, 3.05) is 24.2 Å². The van der Waals surface area contributed by atoms with E-state index < -0.39 is 18.4 Å². The molecule has 0 saturated heterocycles. The van der Waals surface area contributed by atoms with Crippen molar-refractivity contribution in [3.63, 3.8) is 0 Å². The molecule has 1 aliphatic rings. The monoisotopic (exact) mass is 440 g/mol. The number of carbonyl (C=O) groups excluding carboxylic acids is 1. The number of benzene rings is 1. The van der Waals surface area contributed by atoms with Crippen LogP contribution in [0.5, 0.6) is 5.75 Å². The van der Waals surface area contributed by atoms with E-state index in [1.54, 1.807) is 36.7 Å². The summed E-state index contributed by atoms with van der Waals surface area (Å²) in [5.74, 6) is -1.97. The molecule has 1 aromatic carbocycles. The highest BCUT2D eigenvalue weighted by Gasteiger charge is 2.24. The topological polar surface area (TPSA) is 115 Å². The largest absolute Gasteiger partial charge is 0.492 e. The second-order valence-corrected chi connectivity index (χ2v) is 7.53. The van der Waals surface area contributed by atoms with Gasteiger partial charge in [-0.2, -0.15) is 0 Å². The second-order valence-electron chi connectivity index (χ2n) is 7.53. The van der Waals surface area contributed by atoms with E-state index in [0.29, 0.717) is 42.4 Å². The van der Waals surface area contributed by atoms with E-state index >= 15 is 0 Å². The van der Waals surface area contributed by atoms with Crippen LogP contribution < -0.4 is 21.1 Å². The smallest absolute Gasteiger partial charge is 0.262 e. The van der Waals surface area contributed by atoms with Crippen LogP contribution in [0.3, 0.4) is 0 Å². The summed E-state index contributed by atoms with van der Waals surface area (Å²) in [5.41, 5.74) is 9.11. The van der Waals surface area contributed by atoms with Crippen molar-refractivity contribution in [1.29, 1.82) is 0 Å². The number of pyridine rings is 1. The van der Waals surface area contributed by atoms with Gasteiger partial charge in [-0.1, -0.05) is 12.1 Å². The molecule has 3 aromatic rings. The van der Waals surface area contributed by atoms with Crippen LogP contribution in [0.4, 0.5) is 20.5 Å². The number of hydrogen-bond donors (Lipinski definition) is 3. The number of ether oxygens (including phenoxy) is 1. The van der Waals surface area contributed by atoms with E-state index in [0.717, 1.165) is 23.6 Å². The fourth-order valence-corrected chi connectivity index (χ4v) is 3.39. The van der Waals surface area contributed by atoms with Crippen LogP contribution in [0.25, 0.3) is 11.3 Å². The minimum atomic E-state index is -2.97. The molecule has 8 nitrogen and oxygen atoms in total. The normalized spacial score (nSPS) is 12.7. The van der Waals surface area contributed by atoms with Gasteiger partial charge in [-0.15, -0.1) is 0 Å². The summed E-state index contributed by atoms with van der Waals surface area (Å²) in [4.78, 5) is 24.8. The van der Waals surface area contributed by atoms with E-state index in [1.165, 1.54) is 0 Å². The van der Waals surface area contributed by atoms with Gasteiger partial charge in [0.05, 0.1) is 24.4 Å². The van der Waals surface area contributed by atoms with Gasteiger partial charge in [-0.05, 0) is 23.8 Å². The molecule has 4 rings (SSSR count). The predicted molar refractivity (Wildman–Crippen MR) is 116 cm³/mol. The molecule has 10 heteroatoms. The van der Waals surface area contributed by atoms with Crippen LogP contribution in [-0.4, -0.2) is 39.9 Å². The number of anilines is 2. The Bertz CT molecular complexity index is 1150. The average molecular weight is 440 g/mol. The molecular weight excluding hydrogens is 418 g/mol. The first-order valence-corrected chi connectivity index (χ1v) is 10.0. The lowest BCUT2D eigenvalue weighted by Crippen LogP contribution is -2.34. The molecule has 0 unspecified atom stereocenters. The number of amides is 1. The predicted octanol–water partition coefficient (Wildman–Crippen LogP) is 3.05. The molecule has 0 saturated carbocycles. The summed E-state index contributed by atoms with van der Waals surface area (Å²) in [5, 5.41) is 5.52. The number of hydrogen-bond acceptors (Lipinski definition) is 7. The lowest BCUT2D eigenvalue weighted by molar-refractivity contribution is 0.0221.